The maximum absolute atomic E-state index is 12.7. The smallest absolute Gasteiger partial charge is 0.348 e. The number of nitrogens with zero attached hydrogens (tertiary/aromatic N) is 1. The van der Waals surface area contributed by atoms with Crippen molar-refractivity contribution in [1.82, 2.24) is 4.57 Å². The molecule has 1 saturated heterocycles. The fourth-order valence-electron chi connectivity index (χ4n) is 4.23. The van der Waals surface area contributed by atoms with Gasteiger partial charge in [0, 0.05) is 35.0 Å². The first kappa shape index (κ1) is 19.4. The van der Waals surface area contributed by atoms with Crippen LogP contribution < -0.4 is 0 Å². The van der Waals surface area contributed by atoms with E-state index in [1.54, 1.807) is 0 Å². The zero-order valence-corrected chi connectivity index (χ0v) is 17.4. The number of rotatable bonds is 6. The van der Waals surface area contributed by atoms with E-state index in [4.69, 9.17) is 9.47 Å². The van der Waals surface area contributed by atoms with Gasteiger partial charge in [-0.3, -0.25) is 4.79 Å². The molecule has 28 heavy (non-hydrogen) atoms. The van der Waals surface area contributed by atoms with Crippen molar-refractivity contribution in [3.8, 4) is 0 Å². The molecule has 3 heterocycles. The SMILES string of the molecule is Cc1cc(C(=O)COC(=O)c2cc3c(s2)CCCC3)c(C)n1C[C@H]1CCCO1. The minimum absolute atomic E-state index is 0.152. The highest BCUT2D eigenvalue weighted by molar-refractivity contribution is 7.14. The molecule has 150 valence electrons. The average molecular weight is 402 g/mol. The lowest BCUT2D eigenvalue weighted by Crippen LogP contribution is -2.18. The summed E-state index contributed by atoms with van der Waals surface area (Å²) in [4.78, 5) is 27.0. The van der Waals surface area contributed by atoms with Crippen LogP contribution in [0.1, 0.15) is 67.5 Å². The second-order valence-electron chi connectivity index (χ2n) is 7.80. The van der Waals surface area contributed by atoms with Crippen LogP contribution in [0.3, 0.4) is 0 Å². The van der Waals surface area contributed by atoms with Crippen LogP contribution >= 0.6 is 11.3 Å². The Morgan fingerprint density at radius 2 is 2.04 bits per heavy atom. The highest BCUT2D eigenvalue weighted by Crippen LogP contribution is 2.30. The van der Waals surface area contributed by atoms with E-state index in [-0.39, 0.29) is 24.5 Å². The van der Waals surface area contributed by atoms with Crippen molar-refractivity contribution in [2.45, 2.75) is 65.0 Å². The Morgan fingerprint density at radius 3 is 2.79 bits per heavy atom. The number of hydrogen-bond acceptors (Lipinski definition) is 5. The van der Waals surface area contributed by atoms with Gasteiger partial charge in [0.05, 0.1) is 6.10 Å². The lowest BCUT2D eigenvalue weighted by atomic mass is 9.99. The first-order valence-electron chi connectivity index (χ1n) is 10.1. The molecule has 1 aliphatic carbocycles. The van der Waals surface area contributed by atoms with Crippen molar-refractivity contribution in [2.75, 3.05) is 13.2 Å². The predicted molar refractivity (Wildman–Crippen MR) is 108 cm³/mol. The first-order valence-corrected chi connectivity index (χ1v) is 10.9. The molecule has 2 aromatic rings. The van der Waals surface area contributed by atoms with Gasteiger partial charge in [0.15, 0.2) is 6.61 Å². The number of Topliss-reactive ketones (excluding diaryl/α,β-unsaturated/α-hetero) is 1. The molecule has 0 amide bonds. The zero-order valence-electron chi connectivity index (χ0n) is 16.6. The minimum atomic E-state index is -0.388. The molecule has 6 heteroatoms. The van der Waals surface area contributed by atoms with Gasteiger partial charge in [-0.2, -0.15) is 0 Å². The van der Waals surface area contributed by atoms with Gasteiger partial charge in [0.25, 0.3) is 0 Å². The van der Waals surface area contributed by atoms with Gasteiger partial charge < -0.3 is 14.0 Å². The van der Waals surface area contributed by atoms with E-state index in [2.05, 4.69) is 4.57 Å². The number of hydrogen-bond donors (Lipinski definition) is 0. The second kappa shape index (κ2) is 8.21. The van der Waals surface area contributed by atoms with Gasteiger partial charge >= 0.3 is 5.97 Å². The normalized spacial score (nSPS) is 18.9. The van der Waals surface area contributed by atoms with Crippen LogP contribution in [-0.4, -0.2) is 35.6 Å². The van der Waals surface area contributed by atoms with E-state index in [0.717, 1.165) is 50.2 Å². The first-order chi connectivity index (χ1) is 13.5. The lowest BCUT2D eigenvalue weighted by molar-refractivity contribution is 0.0479. The van der Waals surface area contributed by atoms with E-state index in [1.807, 2.05) is 26.0 Å². The third kappa shape index (κ3) is 3.94. The molecule has 4 rings (SSSR count). The molecule has 0 spiro atoms. The summed E-state index contributed by atoms with van der Waals surface area (Å²) >= 11 is 1.51. The van der Waals surface area contributed by atoms with E-state index < -0.39 is 0 Å². The predicted octanol–water partition coefficient (Wildman–Crippen LogP) is 4.26. The van der Waals surface area contributed by atoms with Crippen molar-refractivity contribution >= 4 is 23.1 Å². The molecule has 0 bridgehead atoms. The van der Waals surface area contributed by atoms with Crippen LogP contribution in [0.15, 0.2) is 12.1 Å². The summed E-state index contributed by atoms with van der Waals surface area (Å²) in [6.45, 7) is 5.32. The third-order valence-electron chi connectivity index (χ3n) is 5.82. The van der Waals surface area contributed by atoms with Crippen LogP contribution in [0.5, 0.6) is 0 Å². The van der Waals surface area contributed by atoms with Crippen LogP contribution in [0.25, 0.3) is 0 Å². The van der Waals surface area contributed by atoms with Crippen molar-refractivity contribution in [1.29, 1.82) is 0 Å². The van der Waals surface area contributed by atoms with Gasteiger partial charge in [0.1, 0.15) is 4.88 Å². The number of ether oxygens (including phenoxy) is 2. The Hall–Kier alpha value is -1.92. The number of aromatic nitrogens is 1. The Labute approximate surface area is 169 Å². The summed E-state index contributed by atoms with van der Waals surface area (Å²) in [6, 6.07) is 3.84. The molecule has 0 N–H and O–H groups in total. The molecular formula is C22H27NO4S. The molecule has 2 aromatic heterocycles. The summed E-state index contributed by atoms with van der Waals surface area (Å²) < 4.78 is 13.2. The van der Waals surface area contributed by atoms with Crippen molar-refractivity contribution < 1.29 is 19.1 Å². The molecular weight excluding hydrogens is 374 g/mol. The van der Waals surface area contributed by atoms with Crippen LogP contribution in [0.4, 0.5) is 0 Å². The Kier molecular flexibility index (Phi) is 5.69. The number of esters is 1. The number of carbonyl (C=O) groups is 2. The molecule has 0 aromatic carbocycles. The summed E-state index contributed by atoms with van der Waals surface area (Å²) in [5.41, 5.74) is 3.86. The zero-order chi connectivity index (χ0) is 19.7. The summed E-state index contributed by atoms with van der Waals surface area (Å²) in [6.07, 6.45) is 6.81. The van der Waals surface area contributed by atoms with E-state index >= 15 is 0 Å². The van der Waals surface area contributed by atoms with Gasteiger partial charge in [-0.25, -0.2) is 4.79 Å². The molecule has 2 aliphatic rings. The summed E-state index contributed by atoms with van der Waals surface area (Å²) in [5.74, 6) is -0.540. The highest BCUT2D eigenvalue weighted by atomic mass is 32.1. The topological polar surface area (TPSA) is 57.5 Å². The van der Waals surface area contributed by atoms with Gasteiger partial charge in [-0.1, -0.05) is 0 Å². The van der Waals surface area contributed by atoms with E-state index in [0.29, 0.717) is 10.4 Å². The Morgan fingerprint density at radius 1 is 1.21 bits per heavy atom. The van der Waals surface area contributed by atoms with Gasteiger partial charge in [-0.15, -0.1) is 11.3 Å². The van der Waals surface area contributed by atoms with Crippen LogP contribution in [-0.2, 0) is 28.9 Å². The molecule has 0 saturated carbocycles. The largest absolute Gasteiger partial charge is 0.453 e. The maximum Gasteiger partial charge on any atom is 0.348 e. The molecule has 1 fully saturated rings. The second-order valence-corrected chi connectivity index (χ2v) is 8.93. The fourth-order valence-corrected chi connectivity index (χ4v) is 5.37. The molecule has 1 aliphatic heterocycles. The summed E-state index contributed by atoms with van der Waals surface area (Å²) in [7, 11) is 0. The number of carbonyl (C=O) groups excluding carboxylic acids is 2. The lowest BCUT2D eigenvalue weighted by Gasteiger charge is -2.14. The quantitative estimate of drug-likeness (QED) is 0.536. The van der Waals surface area contributed by atoms with Gasteiger partial charge in [0.2, 0.25) is 5.78 Å². The molecule has 5 nitrogen and oxygen atoms in total. The Bertz CT molecular complexity index is 865. The summed E-state index contributed by atoms with van der Waals surface area (Å²) in [5, 5.41) is 0. The fraction of sp³-hybridized carbons (Fsp3) is 0.545. The Balaban J connectivity index is 1.39. The minimum Gasteiger partial charge on any atom is -0.453 e. The van der Waals surface area contributed by atoms with Crippen molar-refractivity contribution in [3.63, 3.8) is 0 Å². The van der Waals surface area contributed by atoms with Crippen molar-refractivity contribution in [2.24, 2.45) is 0 Å². The molecule has 1 atom stereocenters. The molecule has 0 radical (unpaired) electrons. The number of thiophene rings is 1. The van der Waals surface area contributed by atoms with Crippen LogP contribution in [0, 0.1) is 13.8 Å². The number of ketones is 1. The van der Waals surface area contributed by atoms with E-state index in [1.165, 1.54) is 34.6 Å². The van der Waals surface area contributed by atoms with Crippen molar-refractivity contribution in [3.05, 3.63) is 44.4 Å². The third-order valence-corrected chi connectivity index (χ3v) is 7.03. The standard InChI is InChI=1S/C22H27NO4S/c1-14-10-18(15(2)23(14)12-17-7-5-9-26-17)19(24)13-27-22(25)21-11-16-6-3-4-8-20(16)28-21/h10-11,17H,3-9,12-13H2,1-2H3/t17-/m1/s1. The number of aryl methyl sites for hydroxylation is 3. The molecule has 0 unspecified atom stereocenters. The van der Waals surface area contributed by atoms with Crippen LogP contribution in [0.2, 0.25) is 0 Å². The monoisotopic (exact) mass is 401 g/mol. The highest BCUT2D eigenvalue weighted by Gasteiger charge is 2.23. The average Bonchev–Trinajstić information content (AvgIpc) is 3.41. The number of fused-ring (bicyclic) bond motifs is 1. The van der Waals surface area contributed by atoms with E-state index in [9.17, 15) is 9.59 Å². The van der Waals surface area contributed by atoms with Gasteiger partial charge in [-0.05, 0) is 70.1 Å². The maximum atomic E-state index is 12.7.